The lowest BCUT2D eigenvalue weighted by molar-refractivity contribution is -0.140. The SMILES string of the molecule is O=C(C=Cc1ccsc1)N1CCC(O)(C(O)CN2CCC(c3c[nH]c4ccccc34)CC2)CC1. The van der Waals surface area contributed by atoms with Gasteiger partial charge in [-0.25, -0.2) is 0 Å². The number of aliphatic hydroxyl groups is 2. The van der Waals surface area contributed by atoms with Crippen LogP contribution in [0.5, 0.6) is 0 Å². The Hall–Kier alpha value is -2.45. The number of carbonyl (C=O) groups is 1. The average molecular weight is 480 g/mol. The van der Waals surface area contributed by atoms with Crippen molar-refractivity contribution in [3.05, 3.63) is 64.5 Å². The summed E-state index contributed by atoms with van der Waals surface area (Å²) in [4.78, 5) is 19.9. The van der Waals surface area contributed by atoms with E-state index in [1.54, 1.807) is 22.3 Å². The van der Waals surface area contributed by atoms with Gasteiger partial charge < -0.3 is 25.0 Å². The first-order valence-corrected chi connectivity index (χ1v) is 13.1. The maximum Gasteiger partial charge on any atom is 0.246 e. The van der Waals surface area contributed by atoms with Crippen LogP contribution in [-0.2, 0) is 4.79 Å². The summed E-state index contributed by atoms with van der Waals surface area (Å²) < 4.78 is 0. The molecule has 0 saturated carbocycles. The number of aromatic nitrogens is 1. The number of carbonyl (C=O) groups excluding carboxylic acids is 1. The number of β-amino-alcohol motifs (C(OH)–C–C–N with tert-alkyl or cyclic N) is 1. The van der Waals surface area contributed by atoms with Crippen LogP contribution >= 0.6 is 11.3 Å². The van der Waals surface area contributed by atoms with E-state index in [1.807, 2.05) is 22.9 Å². The van der Waals surface area contributed by atoms with Crippen LogP contribution in [0.25, 0.3) is 17.0 Å². The summed E-state index contributed by atoms with van der Waals surface area (Å²) in [5, 5.41) is 27.3. The number of thiophene rings is 1. The zero-order valence-electron chi connectivity index (χ0n) is 19.4. The molecule has 1 aromatic carbocycles. The first-order valence-electron chi connectivity index (χ1n) is 12.2. The topological polar surface area (TPSA) is 79.8 Å². The van der Waals surface area contributed by atoms with Crippen LogP contribution in [-0.4, -0.2) is 75.3 Å². The Balaban J connectivity index is 1.10. The van der Waals surface area contributed by atoms with E-state index in [4.69, 9.17) is 0 Å². The number of amides is 1. The first kappa shape index (κ1) is 23.3. The van der Waals surface area contributed by atoms with Gasteiger partial charge in [0.1, 0.15) is 0 Å². The first-order chi connectivity index (χ1) is 16.5. The second kappa shape index (κ2) is 10.0. The highest BCUT2D eigenvalue weighted by Crippen LogP contribution is 2.34. The number of hydrogen-bond donors (Lipinski definition) is 3. The fourth-order valence-corrected chi connectivity index (χ4v) is 5.99. The molecule has 2 saturated heterocycles. The van der Waals surface area contributed by atoms with E-state index in [2.05, 4.69) is 40.3 Å². The van der Waals surface area contributed by atoms with Crippen molar-refractivity contribution in [1.29, 1.82) is 0 Å². The largest absolute Gasteiger partial charge is 0.389 e. The lowest BCUT2D eigenvalue weighted by atomic mass is 9.84. The molecule has 6 nitrogen and oxygen atoms in total. The van der Waals surface area contributed by atoms with Gasteiger partial charge in [0.15, 0.2) is 0 Å². The Morgan fingerprint density at radius 3 is 2.68 bits per heavy atom. The minimum absolute atomic E-state index is 0.0397. The molecule has 180 valence electrons. The van der Waals surface area contributed by atoms with Gasteiger partial charge in [0.25, 0.3) is 0 Å². The number of aliphatic hydroxyl groups excluding tert-OH is 1. The van der Waals surface area contributed by atoms with Crippen LogP contribution in [0.1, 0.15) is 42.7 Å². The summed E-state index contributed by atoms with van der Waals surface area (Å²) >= 11 is 1.60. The van der Waals surface area contributed by atoms with Crippen molar-refractivity contribution in [2.45, 2.75) is 43.3 Å². The van der Waals surface area contributed by atoms with Gasteiger partial charge in [0.05, 0.1) is 11.7 Å². The van der Waals surface area contributed by atoms with Crippen LogP contribution in [0, 0.1) is 0 Å². The van der Waals surface area contributed by atoms with Gasteiger partial charge in [0.2, 0.25) is 5.91 Å². The van der Waals surface area contributed by atoms with Crippen LogP contribution in [0.3, 0.4) is 0 Å². The Labute approximate surface area is 204 Å². The lowest BCUT2D eigenvalue weighted by Crippen LogP contribution is -2.56. The van der Waals surface area contributed by atoms with Gasteiger partial charge >= 0.3 is 0 Å². The van der Waals surface area contributed by atoms with Gasteiger partial charge in [0, 0.05) is 42.8 Å². The Morgan fingerprint density at radius 1 is 1.18 bits per heavy atom. The molecule has 4 heterocycles. The number of benzene rings is 1. The number of para-hydroxylation sites is 1. The highest BCUT2D eigenvalue weighted by molar-refractivity contribution is 7.08. The van der Waals surface area contributed by atoms with E-state index in [-0.39, 0.29) is 5.91 Å². The van der Waals surface area contributed by atoms with Crippen LogP contribution in [0.2, 0.25) is 0 Å². The van der Waals surface area contributed by atoms with Crippen LogP contribution in [0.15, 0.2) is 53.4 Å². The molecule has 2 fully saturated rings. The number of fused-ring (bicyclic) bond motifs is 1. The maximum atomic E-state index is 12.5. The van der Waals surface area contributed by atoms with Crippen molar-refractivity contribution in [2.24, 2.45) is 0 Å². The second-order valence-electron chi connectivity index (χ2n) is 9.70. The average Bonchev–Trinajstić information content (AvgIpc) is 3.54. The minimum Gasteiger partial charge on any atom is -0.389 e. The maximum absolute atomic E-state index is 12.5. The van der Waals surface area contributed by atoms with Gasteiger partial charge in [-0.15, -0.1) is 0 Å². The molecule has 3 aromatic rings. The van der Waals surface area contributed by atoms with E-state index in [9.17, 15) is 15.0 Å². The lowest BCUT2D eigenvalue weighted by Gasteiger charge is -2.43. The summed E-state index contributed by atoms with van der Waals surface area (Å²) in [5.74, 6) is 0.478. The third kappa shape index (κ3) is 4.98. The predicted octanol–water partition coefficient (Wildman–Crippen LogP) is 3.84. The Kier molecular flexibility index (Phi) is 6.88. The third-order valence-corrected chi connectivity index (χ3v) is 8.30. The molecule has 1 amide bonds. The van der Waals surface area contributed by atoms with E-state index in [0.29, 0.717) is 38.4 Å². The predicted molar refractivity (Wildman–Crippen MR) is 137 cm³/mol. The summed E-state index contributed by atoms with van der Waals surface area (Å²) in [5.41, 5.74) is 2.46. The van der Waals surface area contributed by atoms with E-state index >= 15 is 0 Å². The molecular formula is C27H33N3O3S. The van der Waals surface area contributed by atoms with Gasteiger partial charge in [-0.1, -0.05) is 18.2 Å². The summed E-state index contributed by atoms with van der Waals surface area (Å²) in [6, 6.07) is 10.4. The van der Waals surface area contributed by atoms with Crippen molar-refractivity contribution in [3.63, 3.8) is 0 Å². The molecule has 7 heteroatoms. The van der Waals surface area contributed by atoms with E-state index < -0.39 is 11.7 Å². The molecule has 34 heavy (non-hydrogen) atoms. The van der Waals surface area contributed by atoms with Crippen molar-refractivity contribution >= 4 is 34.2 Å². The number of piperidine rings is 2. The molecule has 0 aliphatic carbocycles. The van der Waals surface area contributed by atoms with Crippen molar-refractivity contribution in [3.8, 4) is 0 Å². The Morgan fingerprint density at radius 2 is 1.94 bits per heavy atom. The molecule has 0 spiro atoms. The second-order valence-corrected chi connectivity index (χ2v) is 10.5. The number of likely N-dealkylation sites (tertiary alicyclic amines) is 2. The van der Waals surface area contributed by atoms with E-state index in [0.717, 1.165) is 31.5 Å². The van der Waals surface area contributed by atoms with Gasteiger partial charge in [-0.3, -0.25) is 4.79 Å². The van der Waals surface area contributed by atoms with Crippen LogP contribution in [0.4, 0.5) is 0 Å². The number of hydrogen-bond acceptors (Lipinski definition) is 5. The zero-order valence-corrected chi connectivity index (χ0v) is 20.2. The number of rotatable bonds is 6. The number of nitrogens with zero attached hydrogens (tertiary/aromatic N) is 2. The Bertz CT molecular complexity index is 1120. The zero-order chi connectivity index (χ0) is 23.5. The molecule has 2 aromatic heterocycles. The monoisotopic (exact) mass is 479 g/mol. The molecule has 3 N–H and O–H groups in total. The van der Waals surface area contributed by atoms with E-state index in [1.165, 1.54) is 16.5 Å². The molecule has 2 aliphatic rings. The molecule has 1 atom stereocenters. The van der Waals surface area contributed by atoms with Gasteiger partial charge in [-0.2, -0.15) is 11.3 Å². The summed E-state index contributed by atoms with van der Waals surface area (Å²) in [6.07, 6.45) is 7.66. The molecular weight excluding hydrogens is 446 g/mol. The molecule has 0 radical (unpaired) electrons. The van der Waals surface area contributed by atoms with Crippen molar-refractivity contribution in [1.82, 2.24) is 14.8 Å². The van der Waals surface area contributed by atoms with Crippen LogP contribution < -0.4 is 0 Å². The number of aromatic amines is 1. The molecule has 0 bridgehead atoms. The van der Waals surface area contributed by atoms with Gasteiger partial charge in [-0.05, 0) is 84.8 Å². The molecule has 5 rings (SSSR count). The number of H-pyrrole nitrogens is 1. The van der Waals surface area contributed by atoms with Crippen molar-refractivity contribution < 1.29 is 15.0 Å². The number of nitrogens with one attached hydrogen (secondary N) is 1. The highest BCUT2D eigenvalue weighted by Gasteiger charge is 2.40. The summed E-state index contributed by atoms with van der Waals surface area (Å²) in [6.45, 7) is 3.22. The third-order valence-electron chi connectivity index (χ3n) is 7.60. The quantitative estimate of drug-likeness (QED) is 0.470. The minimum atomic E-state index is -1.14. The summed E-state index contributed by atoms with van der Waals surface area (Å²) in [7, 11) is 0. The highest BCUT2D eigenvalue weighted by atomic mass is 32.1. The molecule has 2 aliphatic heterocycles. The molecule has 1 unspecified atom stereocenters. The fraction of sp³-hybridized carbons (Fsp3) is 0.444. The standard InChI is InChI=1S/C27H33N3O3S/c31-25(27(33)10-14-30(15-11-27)26(32)6-5-20-9-16-34-19-20)18-29-12-7-21(8-13-29)23-17-28-24-4-2-1-3-22(23)24/h1-6,9,16-17,19,21,25,28,31,33H,7-8,10-15,18H2. The fourth-order valence-electron chi connectivity index (χ4n) is 5.36. The normalized spacial score (nSPS) is 20.8. The smallest absolute Gasteiger partial charge is 0.246 e. The van der Waals surface area contributed by atoms with Crippen molar-refractivity contribution in [2.75, 3.05) is 32.7 Å².